The second-order valence-corrected chi connectivity index (χ2v) is 9.46. The SMILES string of the molecule is CCOc1ccccc1C1/C(=C(/O)c2ccc(OC(C)C)cc2)C(=O)C(=O)N1CCCN1CCOCC1. The summed E-state index contributed by atoms with van der Waals surface area (Å²) in [6.07, 6.45) is 0.707. The van der Waals surface area contributed by atoms with Crippen LogP contribution in [0.4, 0.5) is 0 Å². The molecule has 0 aromatic heterocycles. The van der Waals surface area contributed by atoms with E-state index in [1.165, 1.54) is 0 Å². The van der Waals surface area contributed by atoms with E-state index in [-0.39, 0.29) is 17.4 Å². The molecule has 0 radical (unpaired) electrons. The van der Waals surface area contributed by atoms with E-state index in [4.69, 9.17) is 14.2 Å². The van der Waals surface area contributed by atoms with Crippen molar-refractivity contribution in [2.45, 2.75) is 39.3 Å². The van der Waals surface area contributed by atoms with Gasteiger partial charge >= 0.3 is 0 Å². The Morgan fingerprint density at radius 1 is 1.05 bits per heavy atom. The van der Waals surface area contributed by atoms with Crippen LogP contribution >= 0.6 is 0 Å². The Morgan fingerprint density at radius 2 is 1.76 bits per heavy atom. The summed E-state index contributed by atoms with van der Waals surface area (Å²) in [4.78, 5) is 30.5. The highest BCUT2D eigenvalue weighted by Gasteiger charge is 2.46. The van der Waals surface area contributed by atoms with E-state index in [0.29, 0.717) is 55.4 Å². The third-order valence-electron chi connectivity index (χ3n) is 6.53. The van der Waals surface area contributed by atoms with Crippen molar-refractivity contribution < 1.29 is 28.9 Å². The number of hydrogen-bond donors (Lipinski definition) is 1. The molecule has 8 nitrogen and oxygen atoms in total. The molecule has 1 N–H and O–H groups in total. The number of rotatable bonds is 10. The minimum atomic E-state index is -0.751. The Labute approximate surface area is 218 Å². The Balaban J connectivity index is 1.69. The third kappa shape index (κ3) is 6.14. The number of para-hydroxylation sites is 1. The first kappa shape index (κ1) is 26.7. The minimum absolute atomic E-state index is 0.0114. The molecule has 1 atom stereocenters. The van der Waals surface area contributed by atoms with Gasteiger partial charge in [0.05, 0.1) is 37.5 Å². The van der Waals surface area contributed by atoms with Gasteiger partial charge in [0.1, 0.15) is 17.3 Å². The molecule has 2 aromatic carbocycles. The molecule has 2 saturated heterocycles. The van der Waals surface area contributed by atoms with Gasteiger partial charge in [-0.15, -0.1) is 0 Å². The van der Waals surface area contributed by atoms with Gasteiger partial charge in [-0.2, -0.15) is 0 Å². The van der Waals surface area contributed by atoms with Crippen LogP contribution in [0.1, 0.15) is 44.4 Å². The highest BCUT2D eigenvalue weighted by atomic mass is 16.5. The Kier molecular flexibility index (Phi) is 8.84. The van der Waals surface area contributed by atoms with E-state index in [9.17, 15) is 14.7 Å². The molecule has 2 aromatic rings. The number of nitrogens with zero attached hydrogens (tertiary/aromatic N) is 2. The second-order valence-electron chi connectivity index (χ2n) is 9.46. The molecule has 2 fully saturated rings. The van der Waals surface area contributed by atoms with Crippen molar-refractivity contribution in [1.82, 2.24) is 9.80 Å². The monoisotopic (exact) mass is 508 g/mol. The summed E-state index contributed by atoms with van der Waals surface area (Å²) in [5, 5.41) is 11.4. The number of carbonyl (C=O) groups is 2. The standard InChI is InChI=1S/C29H36N2O6/c1-4-36-24-9-6-5-8-23(24)26-25(27(32)21-10-12-22(13-11-21)37-20(2)3)28(33)29(34)31(26)15-7-14-30-16-18-35-19-17-30/h5-6,8-13,20,26,32H,4,7,14-19H2,1-3H3/b27-25-. The van der Waals surface area contributed by atoms with Crippen molar-refractivity contribution in [3.05, 3.63) is 65.2 Å². The zero-order chi connectivity index (χ0) is 26.4. The number of carbonyl (C=O) groups excluding carboxylic acids is 2. The Bertz CT molecular complexity index is 1120. The van der Waals surface area contributed by atoms with Crippen LogP contribution in [-0.4, -0.2) is 78.7 Å². The molecule has 1 unspecified atom stereocenters. The van der Waals surface area contributed by atoms with Crippen molar-refractivity contribution in [1.29, 1.82) is 0 Å². The maximum absolute atomic E-state index is 13.4. The fourth-order valence-corrected chi connectivity index (χ4v) is 4.84. The summed E-state index contributed by atoms with van der Waals surface area (Å²) in [6, 6.07) is 13.5. The van der Waals surface area contributed by atoms with Gasteiger partial charge in [-0.1, -0.05) is 18.2 Å². The summed E-state index contributed by atoms with van der Waals surface area (Å²) in [5.74, 6) is -0.265. The van der Waals surface area contributed by atoms with Gasteiger partial charge < -0.3 is 24.2 Å². The Morgan fingerprint density at radius 3 is 2.43 bits per heavy atom. The van der Waals surface area contributed by atoms with Crippen LogP contribution in [-0.2, 0) is 14.3 Å². The van der Waals surface area contributed by atoms with Gasteiger partial charge in [-0.25, -0.2) is 0 Å². The van der Waals surface area contributed by atoms with Crippen LogP contribution in [0, 0.1) is 0 Å². The predicted molar refractivity (Wildman–Crippen MR) is 141 cm³/mol. The topological polar surface area (TPSA) is 88.5 Å². The average molecular weight is 509 g/mol. The lowest BCUT2D eigenvalue weighted by Crippen LogP contribution is -2.39. The first-order chi connectivity index (χ1) is 17.9. The quantitative estimate of drug-likeness (QED) is 0.295. The summed E-state index contributed by atoms with van der Waals surface area (Å²) in [5.41, 5.74) is 1.19. The van der Waals surface area contributed by atoms with E-state index < -0.39 is 17.7 Å². The molecular weight excluding hydrogens is 472 g/mol. The zero-order valence-electron chi connectivity index (χ0n) is 21.8. The maximum atomic E-state index is 13.4. The number of likely N-dealkylation sites (tertiary alicyclic amines) is 1. The minimum Gasteiger partial charge on any atom is -0.507 e. The van der Waals surface area contributed by atoms with Crippen LogP contribution in [0.15, 0.2) is 54.1 Å². The van der Waals surface area contributed by atoms with Crippen LogP contribution in [0.2, 0.25) is 0 Å². The van der Waals surface area contributed by atoms with Crippen molar-refractivity contribution in [2.24, 2.45) is 0 Å². The number of amides is 1. The molecule has 2 heterocycles. The Hall–Kier alpha value is -3.36. The summed E-state index contributed by atoms with van der Waals surface area (Å²) in [6.45, 7) is 10.5. The number of aliphatic hydroxyl groups is 1. The van der Waals surface area contributed by atoms with Gasteiger partial charge in [-0.3, -0.25) is 14.5 Å². The van der Waals surface area contributed by atoms with Crippen LogP contribution in [0.5, 0.6) is 11.5 Å². The molecule has 0 bridgehead atoms. The van der Waals surface area contributed by atoms with Crippen LogP contribution < -0.4 is 9.47 Å². The molecule has 2 aliphatic heterocycles. The molecule has 0 spiro atoms. The molecular formula is C29H36N2O6. The number of morpholine rings is 1. The summed E-state index contributed by atoms with van der Waals surface area (Å²) in [7, 11) is 0. The smallest absolute Gasteiger partial charge is 0.295 e. The third-order valence-corrected chi connectivity index (χ3v) is 6.53. The fourth-order valence-electron chi connectivity index (χ4n) is 4.84. The first-order valence-corrected chi connectivity index (χ1v) is 13.0. The number of ketones is 1. The average Bonchev–Trinajstić information content (AvgIpc) is 3.14. The fraction of sp³-hybridized carbons (Fsp3) is 0.448. The number of Topliss-reactive ketones (excluding diaryl/α,β-unsaturated/α-hetero) is 1. The second kappa shape index (κ2) is 12.3. The largest absolute Gasteiger partial charge is 0.507 e. The van der Waals surface area contributed by atoms with Crippen molar-refractivity contribution in [3.8, 4) is 11.5 Å². The molecule has 37 heavy (non-hydrogen) atoms. The number of aliphatic hydroxyl groups excluding tert-OH is 1. The van der Waals surface area contributed by atoms with Crippen molar-refractivity contribution in [2.75, 3.05) is 46.0 Å². The lowest BCUT2D eigenvalue weighted by Gasteiger charge is -2.29. The number of ether oxygens (including phenoxy) is 3. The van der Waals surface area contributed by atoms with Gasteiger partial charge in [-0.05, 0) is 57.5 Å². The van der Waals surface area contributed by atoms with Gasteiger partial charge in [0, 0.05) is 37.3 Å². The lowest BCUT2D eigenvalue weighted by atomic mass is 9.94. The van der Waals surface area contributed by atoms with Gasteiger partial charge in [0.25, 0.3) is 11.7 Å². The number of hydrogen-bond acceptors (Lipinski definition) is 7. The van der Waals surface area contributed by atoms with Gasteiger partial charge in [0.2, 0.25) is 0 Å². The maximum Gasteiger partial charge on any atom is 0.295 e. The highest BCUT2D eigenvalue weighted by molar-refractivity contribution is 6.46. The van der Waals surface area contributed by atoms with Gasteiger partial charge in [0.15, 0.2) is 0 Å². The molecule has 8 heteroatoms. The first-order valence-electron chi connectivity index (χ1n) is 13.0. The summed E-state index contributed by atoms with van der Waals surface area (Å²) < 4.78 is 17.0. The van der Waals surface area contributed by atoms with E-state index in [2.05, 4.69) is 4.90 Å². The molecule has 1 amide bonds. The molecule has 0 saturated carbocycles. The molecule has 0 aliphatic carbocycles. The number of benzene rings is 2. The normalized spacial score (nSPS) is 20.0. The predicted octanol–water partition coefficient (Wildman–Crippen LogP) is 4.02. The van der Waals surface area contributed by atoms with Crippen LogP contribution in [0.3, 0.4) is 0 Å². The zero-order valence-corrected chi connectivity index (χ0v) is 21.8. The molecule has 198 valence electrons. The van der Waals surface area contributed by atoms with E-state index in [1.54, 1.807) is 29.2 Å². The molecule has 4 rings (SSSR count). The lowest BCUT2D eigenvalue weighted by molar-refractivity contribution is -0.140. The highest BCUT2D eigenvalue weighted by Crippen LogP contribution is 2.42. The van der Waals surface area contributed by atoms with E-state index in [1.807, 2.05) is 45.0 Å². The van der Waals surface area contributed by atoms with E-state index in [0.717, 1.165) is 19.6 Å². The van der Waals surface area contributed by atoms with Crippen molar-refractivity contribution in [3.63, 3.8) is 0 Å². The van der Waals surface area contributed by atoms with Crippen molar-refractivity contribution >= 4 is 17.4 Å². The summed E-state index contributed by atoms with van der Waals surface area (Å²) >= 11 is 0. The van der Waals surface area contributed by atoms with E-state index >= 15 is 0 Å². The molecule has 2 aliphatic rings. The van der Waals surface area contributed by atoms with Crippen LogP contribution in [0.25, 0.3) is 5.76 Å².